The molecule has 2 aromatic carbocycles. The van der Waals surface area contributed by atoms with Gasteiger partial charge in [-0.15, -0.1) is 11.3 Å². The molecule has 0 saturated carbocycles. The van der Waals surface area contributed by atoms with Crippen molar-refractivity contribution in [1.29, 1.82) is 0 Å². The van der Waals surface area contributed by atoms with Crippen molar-refractivity contribution in [1.82, 2.24) is 9.80 Å². The lowest BCUT2D eigenvalue weighted by atomic mass is 10.1. The molecule has 32 heavy (non-hydrogen) atoms. The molecule has 1 aromatic heterocycles. The third kappa shape index (κ3) is 4.96. The van der Waals surface area contributed by atoms with E-state index >= 15 is 0 Å². The minimum absolute atomic E-state index is 0.176. The van der Waals surface area contributed by atoms with Crippen LogP contribution in [0.25, 0.3) is 0 Å². The molecule has 0 atom stereocenters. The first-order chi connectivity index (χ1) is 15.4. The zero-order chi connectivity index (χ0) is 22.7. The van der Waals surface area contributed by atoms with E-state index in [1.165, 1.54) is 11.3 Å². The summed E-state index contributed by atoms with van der Waals surface area (Å²) in [5.41, 5.74) is 1.30. The maximum absolute atomic E-state index is 13.2. The summed E-state index contributed by atoms with van der Waals surface area (Å²) in [5, 5.41) is 5.45. The van der Waals surface area contributed by atoms with Crippen LogP contribution in [0.15, 0.2) is 60.0 Å². The lowest BCUT2D eigenvalue weighted by Crippen LogP contribution is -2.50. The van der Waals surface area contributed by atoms with Gasteiger partial charge in [0, 0.05) is 41.8 Å². The summed E-state index contributed by atoms with van der Waals surface area (Å²) >= 11 is 13.4. The van der Waals surface area contributed by atoms with Gasteiger partial charge in [-0.25, -0.2) is 0 Å². The molecule has 6 nitrogen and oxygen atoms in total. The first-order valence-electron chi connectivity index (χ1n) is 9.91. The van der Waals surface area contributed by atoms with Crippen LogP contribution in [0.4, 0.5) is 5.69 Å². The molecule has 3 amide bonds. The number of hydrogen-bond acceptors (Lipinski definition) is 4. The van der Waals surface area contributed by atoms with Crippen LogP contribution in [-0.2, 0) is 0 Å². The Kier molecular flexibility index (Phi) is 6.79. The van der Waals surface area contributed by atoms with Crippen molar-refractivity contribution in [3.05, 3.63) is 86.0 Å². The van der Waals surface area contributed by atoms with E-state index in [9.17, 15) is 14.4 Å². The minimum Gasteiger partial charge on any atom is -0.335 e. The van der Waals surface area contributed by atoms with Gasteiger partial charge in [-0.05, 0) is 41.8 Å². The molecule has 4 rings (SSSR count). The molecular weight excluding hydrogens is 469 g/mol. The zero-order valence-corrected chi connectivity index (χ0v) is 19.2. The van der Waals surface area contributed by atoms with Gasteiger partial charge in [0.05, 0.1) is 16.1 Å². The van der Waals surface area contributed by atoms with Crippen molar-refractivity contribution in [2.75, 3.05) is 31.5 Å². The van der Waals surface area contributed by atoms with E-state index in [0.29, 0.717) is 57.9 Å². The van der Waals surface area contributed by atoms with E-state index in [1.54, 1.807) is 64.4 Å². The predicted octanol–water partition coefficient (Wildman–Crippen LogP) is 4.91. The summed E-state index contributed by atoms with van der Waals surface area (Å²) in [6, 6.07) is 15.2. The number of rotatable bonds is 4. The summed E-state index contributed by atoms with van der Waals surface area (Å²) in [6.07, 6.45) is 0. The molecular formula is C23H19Cl2N3O3S. The molecule has 3 aromatic rings. The minimum atomic E-state index is -0.254. The first-order valence-corrected chi connectivity index (χ1v) is 11.5. The number of amides is 3. The Morgan fingerprint density at radius 1 is 0.812 bits per heavy atom. The summed E-state index contributed by atoms with van der Waals surface area (Å²) in [7, 11) is 0. The van der Waals surface area contributed by atoms with Crippen molar-refractivity contribution >= 4 is 57.9 Å². The monoisotopic (exact) mass is 487 g/mol. The van der Waals surface area contributed by atoms with Crippen LogP contribution in [0.1, 0.15) is 30.4 Å². The maximum Gasteiger partial charge on any atom is 0.265 e. The molecule has 0 unspecified atom stereocenters. The molecule has 1 saturated heterocycles. The van der Waals surface area contributed by atoms with Gasteiger partial charge in [-0.1, -0.05) is 41.4 Å². The summed E-state index contributed by atoms with van der Waals surface area (Å²) < 4.78 is 0. The smallest absolute Gasteiger partial charge is 0.265 e. The highest BCUT2D eigenvalue weighted by molar-refractivity contribution is 7.12. The molecule has 1 fully saturated rings. The lowest BCUT2D eigenvalue weighted by Gasteiger charge is -2.35. The van der Waals surface area contributed by atoms with Gasteiger partial charge >= 0.3 is 0 Å². The number of para-hydroxylation sites is 1. The number of nitrogens with zero attached hydrogens (tertiary/aromatic N) is 2. The molecule has 164 valence electrons. The Balaban J connectivity index is 1.43. The second-order valence-corrected chi connectivity index (χ2v) is 9.04. The van der Waals surface area contributed by atoms with E-state index in [1.807, 2.05) is 5.38 Å². The second-order valence-electron chi connectivity index (χ2n) is 7.22. The normalized spacial score (nSPS) is 13.7. The summed E-state index contributed by atoms with van der Waals surface area (Å²) in [6.45, 7) is 1.54. The van der Waals surface area contributed by atoms with E-state index in [4.69, 9.17) is 23.2 Å². The highest BCUT2D eigenvalue weighted by Gasteiger charge is 2.27. The molecule has 0 aliphatic carbocycles. The van der Waals surface area contributed by atoms with Crippen molar-refractivity contribution in [2.24, 2.45) is 0 Å². The number of nitrogens with one attached hydrogen (secondary N) is 1. The van der Waals surface area contributed by atoms with Crippen LogP contribution < -0.4 is 5.32 Å². The topological polar surface area (TPSA) is 69.7 Å². The van der Waals surface area contributed by atoms with Gasteiger partial charge in [-0.2, -0.15) is 0 Å². The molecule has 9 heteroatoms. The maximum atomic E-state index is 13.2. The van der Waals surface area contributed by atoms with Crippen molar-refractivity contribution in [3.63, 3.8) is 0 Å². The van der Waals surface area contributed by atoms with Crippen LogP contribution in [0.5, 0.6) is 0 Å². The van der Waals surface area contributed by atoms with Crippen molar-refractivity contribution in [2.45, 2.75) is 0 Å². The Bertz CT molecular complexity index is 1140. The van der Waals surface area contributed by atoms with Crippen LogP contribution in [0.3, 0.4) is 0 Å². The van der Waals surface area contributed by atoms with Gasteiger partial charge in [0.2, 0.25) is 0 Å². The fourth-order valence-corrected chi connectivity index (χ4v) is 4.66. The molecule has 2 heterocycles. The van der Waals surface area contributed by atoms with E-state index in [-0.39, 0.29) is 17.7 Å². The highest BCUT2D eigenvalue weighted by atomic mass is 35.5. The molecule has 0 bridgehead atoms. The van der Waals surface area contributed by atoms with Crippen LogP contribution in [0, 0.1) is 0 Å². The van der Waals surface area contributed by atoms with E-state index < -0.39 is 0 Å². The van der Waals surface area contributed by atoms with Crippen LogP contribution >= 0.6 is 34.5 Å². The Morgan fingerprint density at radius 3 is 2.06 bits per heavy atom. The number of carbonyl (C=O) groups excluding carboxylic acids is 3. The van der Waals surface area contributed by atoms with Gasteiger partial charge < -0.3 is 15.1 Å². The summed E-state index contributed by atoms with van der Waals surface area (Å²) in [5.74, 6) is -0.620. The molecule has 1 aliphatic heterocycles. The third-order valence-corrected chi connectivity index (χ3v) is 6.42. The number of hydrogen-bond donors (Lipinski definition) is 1. The van der Waals surface area contributed by atoms with Crippen molar-refractivity contribution in [3.8, 4) is 0 Å². The number of halogens is 2. The van der Waals surface area contributed by atoms with Crippen molar-refractivity contribution < 1.29 is 14.4 Å². The fraction of sp³-hybridized carbons (Fsp3) is 0.174. The van der Waals surface area contributed by atoms with Gasteiger partial charge in [-0.3, -0.25) is 14.4 Å². The molecule has 1 aliphatic rings. The zero-order valence-electron chi connectivity index (χ0n) is 16.9. The summed E-state index contributed by atoms with van der Waals surface area (Å²) in [4.78, 5) is 42.3. The van der Waals surface area contributed by atoms with Gasteiger partial charge in [0.15, 0.2) is 0 Å². The molecule has 0 spiro atoms. The number of thiophene rings is 1. The largest absolute Gasteiger partial charge is 0.335 e. The number of anilines is 1. The standard InChI is InChI=1S/C23H19Cl2N3O3S/c24-16-12-15(13-17(25)14-16)22(30)27-7-9-28(10-8-27)23(31)18-4-1-2-5-19(18)26-21(29)20-6-3-11-32-20/h1-6,11-14H,7-10H2,(H,26,29). The fourth-order valence-electron chi connectivity index (χ4n) is 3.51. The number of benzene rings is 2. The van der Waals surface area contributed by atoms with E-state index in [0.717, 1.165) is 0 Å². The lowest BCUT2D eigenvalue weighted by molar-refractivity contribution is 0.0536. The molecule has 1 N–H and O–H groups in total. The third-order valence-electron chi connectivity index (χ3n) is 5.11. The van der Waals surface area contributed by atoms with Gasteiger partial charge in [0.1, 0.15) is 0 Å². The predicted molar refractivity (Wildman–Crippen MR) is 127 cm³/mol. The number of piperazine rings is 1. The highest BCUT2D eigenvalue weighted by Crippen LogP contribution is 2.23. The quantitative estimate of drug-likeness (QED) is 0.568. The van der Waals surface area contributed by atoms with Gasteiger partial charge in [0.25, 0.3) is 17.7 Å². The number of carbonyl (C=O) groups is 3. The Hall–Kier alpha value is -2.87. The Morgan fingerprint density at radius 2 is 1.44 bits per heavy atom. The van der Waals surface area contributed by atoms with Crippen LogP contribution in [-0.4, -0.2) is 53.7 Å². The SMILES string of the molecule is O=C(Nc1ccccc1C(=O)N1CCN(C(=O)c2cc(Cl)cc(Cl)c2)CC1)c1cccs1. The first kappa shape index (κ1) is 22.3. The average Bonchev–Trinajstić information content (AvgIpc) is 3.33. The average molecular weight is 488 g/mol. The molecule has 0 radical (unpaired) electrons. The van der Waals surface area contributed by atoms with Crippen LogP contribution in [0.2, 0.25) is 10.0 Å². The Labute approximate surface area is 199 Å². The van der Waals surface area contributed by atoms with E-state index in [2.05, 4.69) is 5.32 Å². The second kappa shape index (κ2) is 9.73.